The summed E-state index contributed by atoms with van der Waals surface area (Å²) >= 11 is 0. The van der Waals surface area contributed by atoms with Crippen LogP contribution in [0.2, 0.25) is 0 Å². The summed E-state index contributed by atoms with van der Waals surface area (Å²) < 4.78 is 19.2. The van der Waals surface area contributed by atoms with E-state index in [1.165, 1.54) is 12.5 Å². The van der Waals surface area contributed by atoms with Gasteiger partial charge in [-0.25, -0.2) is 4.39 Å². The molecule has 1 aromatic rings. The van der Waals surface area contributed by atoms with E-state index in [0.29, 0.717) is 18.3 Å². The molecule has 118 valence electrons. The van der Waals surface area contributed by atoms with Gasteiger partial charge in [0.05, 0.1) is 18.0 Å². The second kappa shape index (κ2) is 7.50. The van der Waals surface area contributed by atoms with Crippen LogP contribution >= 0.6 is 0 Å². The van der Waals surface area contributed by atoms with Gasteiger partial charge in [0.2, 0.25) is 0 Å². The molecule has 0 aromatic heterocycles. The van der Waals surface area contributed by atoms with Crippen molar-refractivity contribution in [2.24, 2.45) is 0 Å². The average Bonchev–Trinajstić information content (AvgIpc) is 2.49. The van der Waals surface area contributed by atoms with Crippen molar-refractivity contribution >= 4 is 11.4 Å². The molecule has 0 saturated carbocycles. The fourth-order valence-electron chi connectivity index (χ4n) is 2.70. The Hall–Kier alpha value is -1.49. The van der Waals surface area contributed by atoms with Crippen LogP contribution in [0.4, 0.5) is 15.8 Å². The highest BCUT2D eigenvalue weighted by atomic mass is 19.1. The van der Waals surface area contributed by atoms with Crippen molar-refractivity contribution in [1.82, 2.24) is 4.90 Å². The van der Waals surface area contributed by atoms with Crippen molar-refractivity contribution in [3.63, 3.8) is 0 Å². The number of halogens is 1. The van der Waals surface area contributed by atoms with Gasteiger partial charge in [0.25, 0.3) is 0 Å². The molecule has 1 unspecified atom stereocenters. The molecule has 4 nitrogen and oxygen atoms in total. The number of nitrogens with zero attached hydrogens (tertiary/aromatic N) is 1. The van der Waals surface area contributed by atoms with E-state index < -0.39 is 5.82 Å². The number of hydrogen-bond donors (Lipinski definition) is 2. The Kier molecular flexibility index (Phi) is 5.67. The van der Waals surface area contributed by atoms with E-state index in [1.54, 1.807) is 6.07 Å². The topological polar surface area (TPSA) is 50.5 Å². The first-order valence-electron chi connectivity index (χ1n) is 7.84. The third-order valence-corrected chi connectivity index (χ3v) is 3.88. The van der Waals surface area contributed by atoms with Crippen molar-refractivity contribution in [3.8, 4) is 5.75 Å². The van der Waals surface area contributed by atoms with Gasteiger partial charge in [-0.05, 0) is 32.4 Å². The molecule has 0 radical (unpaired) electrons. The minimum absolute atomic E-state index is 0.275. The first-order chi connectivity index (χ1) is 10.1. The molecule has 1 fully saturated rings. The van der Waals surface area contributed by atoms with Crippen LogP contribution in [-0.2, 0) is 0 Å². The second-order valence-electron chi connectivity index (χ2n) is 5.60. The fourth-order valence-corrected chi connectivity index (χ4v) is 2.70. The lowest BCUT2D eigenvalue weighted by Crippen LogP contribution is -2.41. The van der Waals surface area contributed by atoms with E-state index in [4.69, 9.17) is 10.5 Å². The maximum Gasteiger partial charge on any atom is 0.167 e. The minimum Gasteiger partial charge on any atom is -0.490 e. The van der Waals surface area contributed by atoms with Crippen LogP contribution in [0.1, 0.15) is 33.1 Å². The molecular weight excluding hydrogens is 269 g/mol. The summed E-state index contributed by atoms with van der Waals surface area (Å²) in [5, 5.41) is 3.44. The Bertz CT molecular complexity index is 467. The van der Waals surface area contributed by atoms with Crippen LogP contribution in [0.25, 0.3) is 0 Å². The molecule has 0 bridgehead atoms. The Balaban J connectivity index is 2.07. The van der Waals surface area contributed by atoms with Crippen LogP contribution in [0, 0.1) is 5.82 Å². The predicted molar refractivity (Wildman–Crippen MR) is 85.4 cm³/mol. The van der Waals surface area contributed by atoms with E-state index in [1.807, 2.05) is 6.92 Å². The molecule has 0 spiro atoms. The van der Waals surface area contributed by atoms with Gasteiger partial charge in [-0.15, -0.1) is 0 Å². The number of hydrogen-bond acceptors (Lipinski definition) is 4. The summed E-state index contributed by atoms with van der Waals surface area (Å²) in [6, 6.07) is 3.38. The lowest BCUT2D eigenvalue weighted by atomic mass is 10.1. The van der Waals surface area contributed by atoms with Crippen LogP contribution in [0.5, 0.6) is 5.75 Å². The zero-order valence-corrected chi connectivity index (χ0v) is 13.0. The number of nitrogens with two attached hydrogens (primary N) is 1. The summed E-state index contributed by atoms with van der Waals surface area (Å²) in [5.74, 6) is -0.123. The predicted octanol–water partition coefficient (Wildman–Crippen LogP) is 3.09. The van der Waals surface area contributed by atoms with Crippen molar-refractivity contribution in [2.45, 2.75) is 39.2 Å². The van der Waals surface area contributed by atoms with Gasteiger partial charge in [0, 0.05) is 24.7 Å². The maximum atomic E-state index is 13.8. The van der Waals surface area contributed by atoms with Crippen LogP contribution < -0.4 is 15.8 Å². The zero-order chi connectivity index (χ0) is 15.2. The summed E-state index contributed by atoms with van der Waals surface area (Å²) in [6.45, 7) is 7.88. The number of rotatable bonds is 6. The molecular formula is C16H26FN3O. The van der Waals surface area contributed by atoms with E-state index in [9.17, 15) is 4.39 Å². The van der Waals surface area contributed by atoms with Gasteiger partial charge < -0.3 is 20.7 Å². The summed E-state index contributed by atoms with van der Waals surface area (Å²) in [5.41, 5.74) is 7.14. The van der Waals surface area contributed by atoms with Gasteiger partial charge in [-0.1, -0.05) is 13.8 Å². The third kappa shape index (κ3) is 4.24. The molecule has 1 aliphatic rings. The number of nitrogens with one attached hydrogen (secondary N) is 1. The van der Waals surface area contributed by atoms with Crippen LogP contribution in [0.3, 0.4) is 0 Å². The van der Waals surface area contributed by atoms with Crippen molar-refractivity contribution in [1.29, 1.82) is 0 Å². The van der Waals surface area contributed by atoms with Gasteiger partial charge in [0.1, 0.15) is 0 Å². The average molecular weight is 295 g/mol. The molecule has 0 amide bonds. The van der Waals surface area contributed by atoms with E-state index in [-0.39, 0.29) is 5.75 Å². The molecule has 1 atom stereocenters. The van der Waals surface area contributed by atoms with E-state index in [0.717, 1.165) is 38.2 Å². The van der Waals surface area contributed by atoms with Gasteiger partial charge in [0.15, 0.2) is 11.6 Å². The smallest absolute Gasteiger partial charge is 0.167 e. The summed E-state index contributed by atoms with van der Waals surface area (Å²) in [7, 11) is 0. The SMILES string of the molecule is CCCOc1cc(NC2CCCN(CC)C2)c(N)cc1F. The minimum atomic E-state index is -0.398. The second-order valence-corrected chi connectivity index (χ2v) is 5.60. The van der Waals surface area contributed by atoms with E-state index in [2.05, 4.69) is 17.1 Å². The fraction of sp³-hybridized carbons (Fsp3) is 0.625. The van der Waals surface area contributed by atoms with E-state index >= 15 is 0 Å². The molecule has 3 N–H and O–H groups in total. The molecule has 1 aliphatic heterocycles. The first kappa shape index (κ1) is 15.9. The lowest BCUT2D eigenvalue weighted by Gasteiger charge is -2.33. The summed E-state index contributed by atoms with van der Waals surface area (Å²) in [4.78, 5) is 2.41. The normalized spacial score (nSPS) is 19.5. The zero-order valence-electron chi connectivity index (χ0n) is 13.0. The number of likely N-dealkylation sites (N-methyl/N-ethyl adjacent to an activating group) is 1. The molecule has 21 heavy (non-hydrogen) atoms. The monoisotopic (exact) mass is 295 g/mol. The summed E-state index contributed by atoms with van der Waals surface area (Å²) in [6.07, 6.45) is 3.13. The standard InChI is InChI=1S/C16H26FN3O/c1-3-8-21-16-10-15(14(18)9-13(16)17)19-12-6-5-7-20(4-2)11-12/h9-10,12,19H,3-8,11,18H2,1-2H3. The van der Waals surface area contributed by atoms with Crippen molar-refractivity contribution < 1.29 is 9.13 Å². The third-order valence-electron chi connectivity index (χ3n) is 3.88. The number of ether oxygens (including phenoxy) is 1. The molecule has 2 rings (SSSR count). The maximum absolute atomic E-state index is 13.8. The quantitative estimate of drug-likeness (QED) is 0.792. The highest BCUT2D eigenvalue weighted by Crippen LogP contribution is 2.29. The van der Waals surface area contributed by atoms with Crippen molar-refractivity contribution in [2.75, 3.05) is 37.3 Å². The van der Waals surface area contributed by atoms with Gasteiger partial charge >= 0.3 is 0 Å². The Labute approximate surface area is 126 Å². The molecule has 0 aliphatic carbocycles. The Morgan fingerprint density at radius 2 is 2.24 bits per heavy atom. The number of benzene rings is 1. The number of piperidine rings is 1. The highest BCUT2D eigenvalue weighted by molar-refractivity contribution is 5.69. The first-order valence-corrected chi connectivity index (χ1v) is 7.84. The Morgan fingerprint density at radius 3 is 2.95 bits per heavy atom. The molecule has 1 aromatic carbocycles. The van der Waals surface area contributed by atoms with Gasteiger partial charge in [-0.3, -0.25) is 0 Å². The number of anilines is 2. The van der Waals surface area contributed by atoms with Crippen LogP contribution in [0.15, 0.2) is 12.1 Å². The van der Waals surface area contributed by atoms with Crippen molar-refractivity contribution in [3.05, 3.63) is 17.9 Å². The van der Waals surface area contributed by atoms with Gasteiger partial charge in [-0.2, -0.15) is 0 Å². The molecule has 1 heterocycles. The number of likely N-dealkylation sites (tertiary alicyclic amines) is 1. The highest BCUT2D eigenvalue weighted by Gasteiger charge is 2.20. The lowest BCUT2D eigenvalue weighted by molar-refractivity contribution is 0.227. The molecule has 5 heteroatoms. The molecule has 1 saturated heterocycles. The number of nitrogen functional groups attached to an aromatic ring is 1. The van der Waals surface area contributed by atoms with Crippen LogP contribution in [-0.4, -0.2) is 37.2 Å². The Morgan fingerprint density at radius 1 is 1.43 bits per heavy atom. The largest absolute Gasteiger partial charge is 0.490 e.